The lowest BCUT2D eigenvalue weighted by atomic mass is 10.1. The smallest absolute Gasteiger partial charge is 0.0175 e. The number of hydrogen-bond acceptors (Lipinski definition) is 0. The Morgan fingerprint density at radius 3 is 2.54 bits per heavy atom. The maximum atomic E-state index is 3.43. The zero-order valence-corrected chi connectivity index (χ0v) is 9.55. The number of benzene rings is 1. The van der Waals surface area contributed by atoms with Crippen molar-refractivity contribution in [2.24, 2.45) is 0 Å². The van der Waals surface area contributed by atoms with Crippen LogP contribution in [0.25, 0.3) is 0 Å². The summed E-state index contributed by atoms with van der Waals surface area (Å²) in [5, 5.41) is 0. The zero-order valence-electron chi connectivity index (χ0n) is 7.96. The number of allylic oxidation sites excluding steroid dienone is 2. The number of halogens is 1. The molecule has 13 heavy (non-hydrogen) atoms. The first-order chi connectivity index (χ1) is 6.33. The van der Waals surface area contributed by atoms with Crippen LogP contribution in [0.3, 0.4) is 0 Å². The quantitative estimate of drug-likeness (QED) is 0.541. The molecule has 0 radical (unpaired) electrons. The molecule has 1 heteroatoms. The maximum absolute atomic E-state index is 3.43. The number of unbranched alkanes of at least 4 members (excludes halogenated alkanes) is 1. The Morgan fingerprint density at radius 2 is 1.92 bits per heavy atom. The van der Waals surface area contributed by atoms with Gasteiger partial charge in [0.25, 0.3) is 0 Å². The van der Waals surface area contributed by atoms with Crippen molar-refractivity contribution in [3.8, 4) is 0 Å². The molecule has 0 N–H and O–H groups in total. The van der Waals surface area contributed by atoms with Gasteiger partial charge in [-0.1, -0.05) is 40.2 Å². The van der Waals surface area contributed by atoms with E-state index in [1.165, 1.54) is 24.8 Å². The fourth-order valence-electron chi connectivity index (χ4n) is 1.24. The lowest BCUT2D eigenvalue weighted by Gasteiger charge is -1.99. The molecular weight excluding hydrogens is 224 g/mol. The first-order valence-electron chi connectivity index (χ1n) is 4.68. The largest absolute Gasteiger partial charge is 0.0917 e. The van der Waals surface area contributed by atoms with Gasteiger partial charge in [-0.3, -0.25) is 0 Å². The van der Waals surface area contributed by atoms with Gasteiger partial charge in [-0.05, 0) is 43.9 Å². The minimum Gasteiger partial charge on any atom is -0.0917 e. The van der Waals surface area contributed by atoms with Gasteiger partial charge in [-0.15, -0.1) is 0 Å². The Morgan fingerprint density at radius 1 is 1.23 bits per heavy atom. The van der Waals surface area contributed by atoms with Crippen LogP contribution >= 0.6 is 15.9 Å². The van der Waals surface area contributed by atoms with E-state index in [1.54, 1.807) is 0 Å². The third kappa shape index (κ3) is 4.28. The Balaban J connectivity index is 2.33. The van der Waals surface area contributed by atoms with Crippen molar-refractivity contribution in [3.05, 3.63) is 46.5 Å². The maximum Gasteiger partial charge on any atom is 0.0175 e. The third-order valence-electron chi connectivity index (χ3n) is 1.99. The molecule has 70 valence electrons. The summed E-state index contributed by atoms with van der Waals surface area (Å²) < 4.78 is 1.16. The SMILES string of the molecule is CC=CCCCc1ccc(Br)cc1. The van der Waals surface area contributed by atoms with E-state index in [0.717, 1.165) is 4.47 Å². The van der Waals surface area contributed by atoms with E-state index in [-0.39, 0.29) is 0 Å². The number of rotatable bonds is 4. The number of hydrogen-bond donors (Lipinski definition) is 0. The van der Waals surface area contributed by atoms with Gasteiger partial charge in [0.15, 0.2) is 0 Å². The molecular formula is C12H15Br. The molecule has 0 atom stereocenters. The molecule has 0 saturated heterocycles. The van der Waals surface area contributed by atoms with E-state index >= 15 is 0 Å². The second kappa shape index (κ2) is 5.98. The van der Waals surface area contributed by atoms with Crippen molar-refractivity contribution < 1.29 is 0 Å². The van der Waals surface area contributed by atoms with Gasteiger partial charge < -0.3 is 0 Å². The van der Waals surface area contributed by atoms with E-state index in [1.807, 2.05) is 0 Å². The van der Waals surface area contributed by atoms with E-state index in [9.17, 15) is 0 Å². The Labute approximate surface area is 88.8 Å². The van der Waals surface area contributed by atoms with Gasteiger partial charge in [-0.25, -0.2) is 0 Å². The van der Waals surface area contributed by atoms with Crippen LogP contribution in [0.5, 0.6) is 0 Å². The van der Waals surface area contributed by atoms with Crippen molar-refractivity contribution in [1.29, 1.82) is 0 Å². The fraction of sp³-hybridized carbons (Fsp3) is 0.333. The minimum absolute atomic E-state index is 1.16. The van der Waals surface area contributed by atoms with Gasteiger partial charge in [0.1, 0.15) is 0 Å². The highest BCUT2D eigenvalue weighted by Gasteiger charge is 1.91. The van der Waals surface area contributed by atoms with E-state index < -0.39 is 0 Å². The Bertz CT molecular complexity index is 259. The van der Waals surface area contributed by atoms with Crippen LogP contribution in [-0.2, 0) is 6.42 Å². The molecule has 0 amide bonds. The minimum atomic E-state index is 1.16. The molecule has 0 unspecified atom stereocenters. The molecule has 0 spiro atoms. The summed E-state index contributed by atoms with van der Waals surface area (Å²) in [6.45, 7) is 2.07. The highest BCUT2D eigenvalue weighted by molar-refractivity contribution is 9.10. The second-order valence-electron chi connectivity index (χ2n) is 3.09. The van der Waals surface area contributed by atoms with Crippen LogP contribution < -0.4 is 0 Å². The second-order valence-corrected chi connectivity index (χ2v) is 4.00. The lowest BCUT2D eigenvalue weighted by Crippen LogP contribution is -1.83. The van der Waals surface area contributed by atoms with E-state index in [4.69, 9.17) is 0 Å². The number of aryl methyl sites for hydroxylation is 1. The average molecular weight is 239 g/mol. The first kappa shape index (κ1) is 10.5. The molecule has 0 aliphatic heterocycles. The summed E-state index contributed by atoms with van der Waals surface area (Å²) in [5.41, 5.74) is 1.42. The summed E-state index contributed by atoms with van der Waals surface area (Å²) >= 11 is 3.43. The molecule has 0 fully saturated rings. The predicted octanol–water partition coefficient (Wildman–Crippen LogP) is 4.35. The molecule has 1 rings (SSSR count). The molecule has 0 nitrogen and oxygen atoms in total. The molecule has 1 aromatic carbocycles. The summed E-state index contributed by atoms with van der Waals surface area (Å²) in [7, 11) is 0. The van der Waals surface area contributed by atoms with Crippen LogP contribution in [-0.4, -0.2) is 0 Å². The molecule has 0 aromatic heterocycles. The van der Waals surface area contributed by atoms with Crippen molar-refractivity contribution in [3.63, 3.8) is 0 Å². The fourth-order valence-corrected chi connectivity index (χ4v) is 1.51. The first-order valence-corrected chi connectivity index (χ1v) is 5.48. The summed E-state index contributed by atoms with van der Waals surface area (Å²) in [4.78, 5) is 0. The average Bonchev–Trinajstić information content (AvgIpc) is 2.15. The van der Waals surface area contributed by atoms with Crippen molar-refractivity contribution >= 4 is 15.9 Å². The normalized spacial score (nSPS) is 10.9. The highest BCUT2D eigenvalue weighted by Crippen LogP contribution is 2.12. The Kier molecular flexibility index (Phi) is 4.84. The Hall–Kier alpha value is -0.560. The summed E-state index contributed by atoms with van der Waals surface area (Å²) in [6, 6.07) is 8.56. The van der Waals surface area contributed by atoms with E-state index in [2.05, 4.69) is 59.3 Å². The van der Waals surface area contributed by atoms with Gasteiger partial charge in [0.05, 0.1) is 0 Å². The standard InChI is InChI=1S/C12H15Br/c1-2-3-4-5-6-11-7-9-12(13)10-8-11/h2-3,7-10H,4-6H2,1H3. The van der Waals surface area contributed by atoms with Crippen molar-refractivity contribution in [2.45, 2.75) is 26.2 Å². The van der Waals surface area contributed by atoms with Gasteiger partial charge in [0.2, 0.25) is 0 Å². The molecule has 0 heterocycles. The topological polar surface area (TPSA) is 0 Å². The van der Waals surface area contributed by atoms with Gasteiger partial charge in [-0.2, -0.15) is 0 Å². The lowest BCUT2D eigenvalue weighted by molar-refractivity contribution is 0.842. The van der Waals surface area contributed by atoms with Gasteiger partial charge >= 0.3 is 0 Å². The van der Waals surface area contributed by atoms with E-state index in [0.29, 0.717) is 0 Å². The molecule has 1 aromatic rings. The highest BCUT2D eigenvalue weighted by atomic mass is 79.9. The predicted molar refractivity (Wildman–Crippen MR) is 61.9 cm³/mol. The van der Waals surface area contributed by atoms with Gasteiger partial charge in [0, 0.05) is 4.47 Å². The molecule has 0 saturated carbocycles. The summed E-state index contributed by atoms with van der Waals surface area (Å²) in [6.07, 6.45) is 7.94. The summed E-state index contributed by atoms with van der Waals surface area (Å²) in [5.74, 6) is 0. The van der Waals surface area contributed by atoms with Crippen LogP contribution in [0.15, 0.2) is 40.9 Å². The molecule has 0 aliphatic carbocycles. The van der Waals surface area contributed by atoms with Crippen molar-refractivity contribution in [1.82, 2.24) is 0 Å². The van der Waals surface area contributed by atoms with Crippen LogP contribution in [0.1, 0.15) is 25.3 Å². The van der Waals surface area contributed by atoms with Crippen LogP contribution in [0.4, 0.5) is 0 Å². The zero-order chi connectivity index (χ0) is 9.52. The third-order valence-corrected chi connectivity index (χ3v) is 2.51. The van der Waals surface area contributed by atoms with Crippen molar-refractivity contribution in [2.75, 3.05) is 0 Å². The van der Waals surface area contributed by atoms with Crippen LogP contribution in [0.2, 0.25) is 0 Å². The molecule has 0 aliphatic rings. The van der Waals surface area contributed by atoms with Crippen LogP contribution in [0, 0.1) is 0 Å². The molecule has 0 bridgehead atoms. The monoisotopic (exact) mass is 238 g/mol.